The van der Waals surface area contributed by atoms with E-state index in [4.69, 9.17) is 10.5 Å². The summed E-state index contributed by atoms with van der Waals surface area (Å²) in [5, 5.41) is 6.45. The molecule has 0 spiro atoms. The average molecular weight is 310 g/mol. The van der Waals surface area contributed by atoms with Crippen molar-refractivity contribution in [3.05, 3.63) is 35.7 Å². The molecule has 0 aliphatic heterocycles. The highest BCUT2D eigenvalue weighted by Crippen LogP contribution is 2.31. The number of nitrogens with zero attached hydrogens (tertiary/aromatic N) is 2. The van der Waals surface area contributed by atoms with E-state index in [0.717, 1.165) is 11.1 Å². The molecular weight excluding hydrogens is 292 g/mol. The van der Waals surface area contributed by atoms with Gasteiger partial charge in [-0.2, -0.15) is 9.40 Å². The lowest BCUT2D eigenvalue weighted by molar-refractivity contribution is 0.397. The SMILES string of the molecule is COc1cc(C)c(N)cc1S(=O)(=O)N(C)Cc1cn[nH]c1. The van der Waals surface area contributed by atoms with E-state index in [0.29, 0.717) is 5.69 Å². The summed E-state index contributed by atoms with van der Waals surface area (Å²) in [5.74, 6) is 0.278. The fourth-order valence-corrected chi connectivity index (χ4v) is 3.24. The summed E-state index contributed by atoms with van der Waals surface area (Å²) in [6.07, 6.45) is 3.22. The Hall–Kier alpha value is -2.06. The molecule has 0 aliphatic rings. The smallest absolute Gasteiger partial charge is 0.246 e. The van der Waals surface area contributed by atoms with E-state index in [2.05, 4.69) is 10.2 Å². The Bertz CT molecular complexity index is 726. The number of anilines is 1. The van der Waals surface area contributed by atoms with Crippen LogP contribution in [-0.2, 0) is 16.6 Å². The van der Waals surface area contributed by atoms with Crippen LogP contribution in [-0.4, -0.2) is 37.1 Å². The quantitative estimate of drug-likeness (QED) is 0.806. The topological polar surface area (TPSA) is 101 Å². The van der Waals surface area contributed by atoms with Crippen LogP contribution >= 0.6 is 0 Å². The molecule has 0 radical (unpaired) electrons. The maximum atomic E-state index is 12.7. The molecule has 21 heavy (non-hydrogen) atoms. The number of H-pyrrole nitrogens is 1. The van der Waals surface area contributed by atoms with Gasteiger partial charge in [0, 0.05) is 31.0 Å². The van der Waals surface area contributed by atoms with Crippen molar-refractivity contribution in [2.24, 2.45) is 0 Å². The zero-order valence-electron chi connectivity index (χ0n) is 12.1. The predicted octanol–water partition coefficient (Wildman–Crippen LogP) is 1.13. The average Bonchev–Trinajstić information content (AvgIpc) is 2.94. The summed E-state index contributed by atoms with van der Waals surface area (Å²) in [5.41, 5.74) is 7.76. The van der Waals surface area contributed by atoms with Gasteiger partial charge in [-0.3, -0.25) is 5.10 Å². The first-order chi connectivity index (χ1) is 9.86. The number of aromatic nitrogens is 2. The minimum absolute atomic E-state index is 0.0547. The van der Waals surface area contributed by atoms with Crippen molar-refractivity contribution in [3.63, 3.8) is 0 Å². The number of sulfonamides is 1. The number of aromatic amines is 1. The Morgan fingerprint density at radius 3 is 2.71 bits per heavy atom. The Morgan fingerprint density at radius 1 is 1.43 bits per heavy atom. The molecule has 114 valence electrons. The molecule has 0 unspecified atom stereocenters. The molecule has 0 bridgehead atoms. The Morgan fingerprint density at radius 2 is 2.14 bits per heavy atom. The summed E-state index contributed by atoms with van der Waals surface area (Å²) in [4.78, 5) is 0.0547. The van der Waals surface area contributed by atoms with Crippen molar-refractivity contribution in [2.45, 2.75) is 18.4 Å². The van der Waals surface area contributed by atoms with Gasteiger partial charge in [-0.05, 0) is 24.6 Å². The summed E-state index contributed by atoms with van der Waals surface area (Å²) in [6.45, 7) is 2.00. The van der Waals surface area contributed by atoms with Gasteiger partial charge >= 0.3 is 0 Å². The number of methoxy groups -OCH3 is 1. The summed E-state index contributed by atoms with van der Waals surface area (Å²) < 4.78 is 31.7. The fourth-order valence-electron chi connectivity index (χ4n) is 1.91. The number of aryl methyl sites for hydroxylation is 1. The number of hydrogen-bond acceptors (Lipinski definition) is 5. The van der Waals surface area contributed by atoms with Crippen LogP contribution in [0.1, 0.15) is 11.1 Å². The van der Waals surface area contributed by atoms with Crippen LogP contribution in [0.25, 0.3) is 0 Å². The summed E-state index contributed by atoms with van der Waals surface area (Å²) in [7, 11) is -0.782. The molecule has 8 heteroatoms. The molecule has 7 nitrogen and oxygen atoms in total. The standard InChI is InChI=1S/C13H18N4O3S/c1-9-4-12(20-3)13(5-11(9)14)21(18,19)17(2)8-10-6-15-16-7-10/h4-7H,8,14H2,1-3H3,(H,15,16). The molecular formula is C13H18N4O3S. The molecule has 2 rings (SSSR count). The van der Waals surface area contributed by atoms with Gasteiger partial charge in [0.25, 0.3) is 0 Å². The monoisotopic (exact) mass is 310 g/mol. The molecule has 1 heterocycles. The van der Waals surface area contributed by atoms with E-state index in [1.54, 1.807) is 25.4 Å². The van der Waals surface area contributed by atoms with Gasteiger partial charge in [-0.25, -0.2) is 8.42 Å². The number of rotatable bonds is 5. The summed E-state index contributed by atoms with van der Waals surface area (Å²) in [6, 6.07) is 3.04. The molecule has 0 amide bonds. The number of nitrogens with one attached hydrogen (secondary N) is 1. The van der Waals surface area contributed by atoms with E-state index in [1.807, 2.05) is 0 Å². The van der Waals surface area contributed by atoms with Crippen molar-refractivity contribution in [1.29, 1.82) is 0 Å². The van der Waals surface area contributed by atoms with Crippen molar-refractivity contribution in [1.82, 2.24) is 14.5 Å². The minimum atomic E-state index is -3.71. The highest BCUT2D eigenvalue weighted by Gasteiger charge is 2.26. The fraction of sp³-hybridized carbons (Fsp3) is 0.308. The first-order valence-corrected chi connectivity index (χ1v) is 7.68. The number of hydrogen-bond donors (Lipinski definition) is 2. The third kappa shape index (κ3) is 3.01. The van der Waals surface area contributed by atoms with Crippen LogP contribution in [0.4, 0.5) is 5.69 Å². The second kappa shape index (κ2) is 5.74. The van der Waals surface area contributed by atoms with E-state index in [1.165, 1.54) is 24.5 Å². The van der Waals surface area contributed by atoms with E-state index in [-0.39, 0.29) is 17.2 Å². The van der Waals surface area contributed by atoms with Gasteiger partial charge in [0.1, 0.15) is 10.6 Å². The van der Waals surface area contributed by atoms with Gasteiger partial charge in [0.05, 0.1) is 13.3 Å². The maximum Gasteiger partial charge on any atom is 0.246 e. The predicted molar refractivity (Wildman–Crippen MR) is 79.4 cm³/mol. The normalized spacial score (nSPS) is 11.8. The first-order valence-electron chi connectivity index (χ1n) is 6.24. The second-order valence-electron chi connectivity index (χ2n) is 4.73. The molecule has 2 aromatic rings. The van der Waals surface area contributed by atoms with E-state index >= 15 is 0 Å². The first kappa shape index (κ1) is 15.3. The van der Waals surface area contributed by atoms with Crippen molar-refractivity contribution in [2.75, 3.05) is 19.9 Å². The van der Waals surface area contributed by atoms with E-state index < -0.39 is 10.0 Å². The van der Waals surface area contributed by atoms with Gasteiger partial charge in [0.2, 0.25) is 10.0 Å². The molecule has 3 N–H and O–H groups in total. The van der Waals surface area contributed by atoms with Crippen LogP contribution in [0.3, 0.4) is 0 Å². The van der Waals surface area contributed by atoms with Crippen LogP contribution in [0, 0.1) is 6.92 Å². The summed E-state index contributed by atoms with van der Waals surface area (Å²) >= 11 is 0. The van der Waals surface area contributed by atoms with Gasteiger partial charge in [0.15, 0.2) is 0 Å². The zero-order chi connectivity index (χ0) is 15.6. The van der Waals surface area contributed by atoms with Crippen LogP contribution in [0.5, 0.6) is 5.75 Å². The van der Waals surface area contributed by atoms with Crippen molar-refractivity contribution >= 4 is 15.7 Å². The Kier molecular flexibility index (Phi) is 4.19. The molecule has 1 aromatic heterocycles. The third-order valence-electron chi connectivity index (χ3n) is 3.20. The zero-order valence-corrected chi connectivity index (χ0v) is 12.9. The maximum absolute atomic E-state index is 12.7. The second-order valence-corrected chi connectivity index (χ2v) is 6.74. The highest BCUT2D eigenvalue weighted by molar-refractivity contribution is 7.89. The molecule has 0 atom stereocenters. The van der Waals surface area contributed by atoms with E-state index in [9.17, 15) is 8.42 Å². The van der Waals surface area contributed by atoms with Crippen LogP contribution in [0.15, 0.2) is 29.4 Å². The number of nitrogens with two attached hydrogens (primary N) is 1. The molecule has 0 saturated heterocycles. The minimum Gasteiger partial charge on any atom is -0.495 e. The van der Waals surface area contributed by atoms with Crippen LogP contribution < -0.4 is 10.5 Å². The molecule has 1 aromatic carbocycles. The Labute approximate surface area is 123 Å². The van der Waals surface area contributed by atoms with Gasteiger partial charge < -0.3 is 10.5 Å². The number of nitrogen functional groups attached to an aromatic ring is 1. The molecule has 0 fully saturated rings. The van der Waals surface area contributed by atoms with Gasteiger partial charge in [-0.1, -0.05) is 0 Å². The number of benzene rings is 1. The molecule has 0 saturated carbocycles. The largest absolute Gasteiger partial charge is 0.495 e. The number of ether oxygens (including phenoxy) is 1. The van der Waals surface area contributed by atoms with Crippen molar-refractivity contribution < 1.29 is 13.2 Å². The van der Waals surface area contributed by atoms with Crippen LogP contribution in [0.2, 0.25) is 0 Å². The van der Waals surface area contributed by atoms with Crippen molar-refractivity contribution in [3.8, 4) is 5.75 Å². The van der Waals surface area contributed by atoms with Gasteiger partial charge in [-0.15, -0.1) is 0 Å². The lowest BCUT2D eigenvalue weighted by Crippen LogP contribution is -2.27. The lowest BCUT2D eigenvalue weighted by Gasteiger charge is -2.19. The molecule has 0 aliphatic carbocycles. The highest BCUT2D eigenvalue weighted by atomic mass is 32.2. The third-order valence-corrected chi connectivity index (χ3v) is 5.03. The Balaban J connectivity index is 2.41. The lowest BCUT2D eigenvalue weighted by atomic mass is 10.2.